The molecular formula is C7H2F5O3Re. The van der Waals surface area contributed by atoms with E-state index in [0.717, 1.165) is 0 Å². The molecule has 0 aliphatic rings. The Labute approximate surface area is 87.8 Å². The predicted octanol–water partition coefficient (Wildman–Crippen LogP) is 2.07. The molecule has 1 aromatic carbocycles. The molecule has 9 heteroatoms. The Morgan fingerprint density at radius 3 is 1.31 bits per heavy atom. The van der Waals surface area contributed by atoms with Crippen molar-refractivity contribution >= 4 is 0 Å². The molecule has 0 atom stereocenters. The zero-order chi connectivity index (χ0) is 12.7. The van der Waals surface area contributed by atoms with E-state index in [0.29, 0.717) is 0 Å². The molecule has 0 aliphatic carbocycles. The van der Waals surface area contributed by atoms with Crippen molar-refractivity contribution in [2.45, 2.75) is 4.89 Å². The van der Waals surface area contributed by atoms with Gasteiger partial charge in [0.25, 0.3) is 0 Å². The minimum atomic E-state index is -6.33. The van der Waals surface area contributed by atoms with Crippen molar-refractivity contribution in [1.82, 2.24) is 0 Å². The van der Waals surface area contributed by atoms with Crippen LogP contribution in [0, 0.1) is 29.1 Å². The second kappa shape index (κ2) is 4.07. The average molecular weight is 415 g/mol. The van der Waals surface area contributed by atoms with E-state index in [1.807, 2.05) is 0 Å². The normalized spacial score (nSPS) is 11.8. The molecule has 0 amide bonds. The molecule has 90 valence electrons. The van der Waals surface area contributed by atoms with Crippen LogP contribution in [0.15, 0.2) is 0 Å². The summed E-state index contributed by atoms with van der Waals surface area (Å²) in [5, 5.41) is 0. The van der Waals surface area contributed by atoms with Crippen LogP contribution in [0.4, 0.5) is 22.0 Å². The van der Waals surface area contributed by atoms with Gasteiger partial charge >= 0.3 is 87.3 Å². The molecule has 0 saturated heterocycles. The van der Waals surface area contributed by atoms with Crippen LogP contribution in [0.5, 0.6) is 0 Å². The molecule has 3 nitrogen and oxygen atoms in total. The summed E-state index contributed by atoms with van der Waals surface area (Å²) in [4.78, 5) is -1.69. The van der Waals surface area contributed by atoms with E-state index in [1.165, 1.54) is 0 Å². The molecule has 0 aliphatic heterocycles. The van der Waals surface area contributed by atoms with Crippen LogP contribution in [0.1, 0.15) is 5.56 Å². The molecular weight excluding hydrogens is 413 g/mol. The summed E-state index contributed by atoms with van der Waals surface area (Å²) >= 11 is -6.33. The molecule has 0 N–H and O–H groups in total. The fourth-order valence-corrected chi connectivity index (χ4v) is 2.95. The number of benzene rings is 1. The Morgan fingerprint density at radius 1 is 0.688 bits per heavy atom. The van der Waals surface area contributed by atoms with Gasteiger partial charge in [0.1, 0.15) is 0 Å². The van der Waals surface area contributed by atoms with Crippen molar-refractivity contribution < 1.29 is 47.8 Å². The zero-order valence-electron chi connectivity index (χ0n) is 7.20. The number of hydrogen-bond donors (Lipinski definition) is 0. The molecule has 1 rings (SSSR count). The van der Waals surface area contributed by atoms with Gasteiger partial charge in [-0.05, 0) is 0 Å². The Bertz CT molecular complexity index is 559. The first-order valence-electron chi connectivity index (χ1n) is 3.53. The van der Waals surface area contributed by atoms with Crippen molar-refractivity contribution in [3.05, 3.63) is 34.6 Å². The number of halogens is 5. The van der Waals surface area contributed by atoms with Gasteiger partial charge in [-0.15, -0.1) is 0 Å². The van der Waals surface area contributed by atoms with Gasteiger partial charge in [0, 0.05) is 0 Å². The van der Waals surface area contributed by atoms with E-state index in [4.69, 9.17) is 0 Å². The topological polar surface area (TPSA) is 51.2 Å². The van der Waals surface area contributed by atoms with Gasteiger partial charge < -0.3 is 0 Å². The van der Waals surface area contributed by atoms with Crippen LogP contribution in [-0.4, -0.2) is 0 Å². The van der Waals surface area contributed by atoms with Crippen molar-refractivity contribution in [3.8, 4) is 0 Å². The van der Waals surface area contributed by atoms with E-state index >= 15 is 0 Å². The maximum atomic E-state index is 12.8. The van der Waals surface area contributed by atoms with Crippen LogP contribution < -0.4 is 0 Å². The fourth-order valence-electron chi connectivity index (χ4n) is 0.931. The molecule has 0 radical (unpaired) electrons. The summed E-state index contributed by atoms with van der Waals surface area (Å²) in [6, 6.07) is 0. The van der Waals surface area contributed by atoms with Crippen molar-refractivity contribution in [1.29, 1.82) is 0 Å². The van der Waals surface area contributed by atoms with Crippen molar-refractivity contribution in [2.75, 3.05) is 0 Å². The van der Waals surface area contributed by atoms with Gasteiger partial charge in [-0.3, -0.25) is 0 Å². The van der Waals surface area contributed by atoms with Crippen molar-refractivity contribution in [3.63, 3.8) is 0 Å². The van der Waals surface area contributed by atoms with E-state index < -0.39 is 55.0 Å². The third-order valence-electron chi connectivity index (χ3n) is 1.60. The van der Waals surface area contributed by atoms with Crippen LogP contribution in [0.3, 0.4) is 0 Å². The Morgan fingerprint density at radius 2 is 1.00 bits per heavy atom. The van der Waals surface area contributed by atoms with E-state index in [2.05, 4.69) is 0 Å². The first-order valence-corrected chi connectivity index (χ1v) is 8.78. The summed E-state index contributed by atoms with van der Waals surface area (Å²) in [5.41, 5.74) is -1.61. The Balaban J connectivity index is 3.58. The van der Waals surface area contributed by atoms with Crippen LogP contribution in [-0.2, 0) is 30.7 Å². The standard InChI is InChI=1S/C7H2F5.3O.Re/c1-2-3(8)5(10)7(12)6(11)4(2)9;;;;/h1H2;;;;. The van der Waals surface area contributed by atoms with Crippen LogP contribution >= 0.6 is 0 Å². The fraction of sp³-hybridized carbons (Fsp3) is 0.143. The third kappa shape index (κ3) is 2.36. The van der Waals surface area contributed by atoms with E-state index in [1.54, 1.807) is 0 Å². The van der Waals surface area contributed by atoms with E-state index in [9.17, 15) is 32.4 Å². The summed E-state index contributed by atoms with van der Waals surface area (Å²) in [5.74, 6) is -11.5. The van der Waals surface area contributed by atoms with Gasteiger partial charge in [0.05, 0.1) is 0 Å². The monoisotopic (exact) mass is 416 g/mol. The van der Waals surface area contributed by atoms with Crippen LogP contribution in [0.2, 0.25) is 0 Å². The summed E-state index contributed by atoms with van der Waals surface area (Å²) < 4.78 is 94.1. The molecule has 0 unspecified atom stereocenters. The molecule has 0 heterocycles. The molecule has 0 saturated carbocycles. The van der Waals surface area contributed by atoms with Gasteiger partial charge in [-0.2, -0.15) is 0 Å². The maximum absolute atomic E-state index is 12.8. The summed E-state index contributed by atoms with van der Waals surface area (Å²) in [6.45, 7) is 0. The van der Waals surface area contributed by atoms with Gasteiger partial charge in [-0.25, -0.2) is 0 Å². The zero-order valence-corrected chi connectivity index (χ0v) is 9.92. The SMILES string of the molecule is [O]=[Re](=[O])(=[O])[CH2]c1c(F)c(F)c(F)c(F)c1F. The second-order valence-electron chi connectivity index (χ2n) is 2.70. The second-order valence-corrected chi connectivity index (χ2v) is 7.37. The molecule has 1 aromatic rings. The molecule has 0 spiro atoms. The molecule has 0 bridgehead atoms. The van der Waals surface area contributed by atoms with Crippen LogP contribution in [0.25, 0.3) is 0 Å². The summed E-state index contributed by atoms with van der Waals surface area (Å²) in [7, 11) is 0. The van der Waals surface area contributed by atoms with Gasteiger partial charge in [0.2, 0.25) is 0 Å². The number of hydrogen-bond acceptors (Lipinski definition) is 3. The molecule has 0 aromatic heterocycles. The quantitative estimate of drug-likeness (QED) is 0.422. The Hall–Kier alpha value is -1.07. The molecule has 16 heavy (non-hydrogen) atoms. The van der Waals surface area contributed by atoms with Gasteiger partial charge in [0.15, 0.2) is 0 Å². The Kier molecular flexibility index (Phi) is 3.31. The minimum absolute atomic E-state index is 1.61. The number of rotatable bonds is 2. The van der Waals surface area contributed by atoms with Gasteiger partial charge in [-0.1, -0.05) is 0 Å². The van der Waals surface area contributed by atoms with Crippen molar-refractivity contribution in [2.24, 2.45) is 0 Å². The summed E-state index contributed by atoms with van der Waals surface area (Å²) in [6.07, 6.45) is 0. The average Bonchev–Trinajstić information content (AvgIpc) is 2.17. The first-order chi connectivity index (χ1) is 7.15. The first kappa shape index (κ1) is 13.0. The third-order valence-corrected chi connectivity index (χ3v) is 3.73. The van der Waals surface area contributed by atoms with E-state index in [-0.39, 0.29) is 0 Å². The molecule has 0 fully saturated rings. The predicted molar refractivity (Wildman–Crippen MR) is 32.0 cm³/mol.